The number of hydrogen-bond donors (Lipinski definition) is 3. The molecule has 0 saturated heterocycles. The first-order valence-corrected chi connectivity index (χ1v) is 13.9. The number of ether oxygens (including phenoxy) is 2. The minimum Gasteiger partial charge on any atom is -0.480 e. The molecule has 222 valence electrons. The van der Waals surface area contributed by atoms with Crippen molar-refractivity contribution in [2.75, 3.05) is 7.11 Å². The van der Waals surface area contributed by atoms with E-state index in [1.54, 1.807) is 24.3 Å². The SMILES string of the molecule is COC(=O)C(C)NP(=O)(Oc1ccc(C[C@H](NC(=O)OCc2ccccc2)C(=O)O)cc1)Oc1ccc([N+](=O)[O-])cc1. The lowest BCUT2D eigenvalue weighted by molar-refractivity contribution is -0.384. The van der Waals surface area contributed by atoms with E-state index < -0.39 is 42.8 Å². The monoisotopic (exact) mass is 601 g/mol. The number of amides is 1. The fourth-order valence-electron chi connectivity index (χ4n) is 3.47. The van der Waals surface area contributed by atoms with Gasteiger partial charge < -0.3 is 28.9 Å². The van der Waals surface area contributed by atoms with Gasteiger partial charge in [-0.3, -0.25) is 14.9 Å². The Morgan fingerprint density at radius 1 is 0.929 bits per heavy atom. The molecule has 0 aromatic heterocycles. The molecule has 0 bridgehead atoms. The number of benzene rings is 3. The molecule has 1 amide bonds. The largest absolute Gasteiger partial charge is 0.513 e. The molecule has 0 aliphatic carbocycles. The second kappa shape index (κ2) is 14.6. The summed E-state index contributed by atoms with van der Waals surface area (Å²) in [5, 5.41) is 25.3. The number of carboxylic acids is 1. The second-order valence-corrected chi connectivity index (χ2v) is 10.4. The zero-order chi connectivity index (χ0) is 30.7. The number of rotatable bonds is 14. The van der Waals surface area contributed by atoms with Gasteiger partial charge in [-0.15, -0.1) is 0 Å². The molecule has 42 heavy (non-hydrogen) atoms. The summed E-state index contributed by atoms with van der Waals surface area (Å²) >= 11 is 0. The van der Waals surface area contributed by atoms with Gasteiger partial charge >= 0.3 is 25.8 Å². The maximum Gasteiger partial charge on any atom is 0.513 e. The third-order valence-electron chi connectivity index (χ3n) is 5.57. The minimum absolute atomic E-state index is 0.0238. The van der Waals surface area contributed by atoms with E-state index >= 15 is 0 Å². The number of nitro groups is 1. The number of nitrogens with one attached hydrogen (secondary N) is 2. The Labute approximate surface area is 240 Å². The highest BCUT2D eigenvalue weighted by molar-refractivity contribution is 7.52. The van der Waals surface area contributed by atoms with Gasteiger partial charge in [-0.05, 0) is 42.3 Å². The molecule has 14 nitrogen and oxygen atoms in total. The first kappa shape index (κ1) is 31.6. The number of methoxy groups -OCH3 is 1. The fourth-order valence-corrected chi connectivity index (χ4v) is 4.99. The van der Waals surface area contributed by atoms with E-state index in [1.807, 2.05) is 6.07 Å². The van der Waals surface area contributed by atoms with E-state index in [0.717, 1.165) is 24.8 Å². The molecule has 0 radical (unpaired) electrons. The van der Waals surface area contributed by atoms with Gasteiger partial charge in [0.2, 0.25) is 0 Å². The third-order valence-corrected chi connectivity index (χ3v) is 7.18. The van der Waals surface area contributed by atoms with Gasteiger partial charge in [-0.2, -0.15) is 5.09 Å². The highest BCUT2D eigenvalue weighted by atomic mass is 31.2. The van der Waals surface area contributed by atoms with Gasteiger partial charge in [0, 0.05) is 18.6 Å². The summed E-state index contributed by atoms with van der Waals surface area (Å²) in [5.74, 6) is -2.06. The van der Waals surface area contributed by atoms with Gasteiger partial charge in [0.25, 0.3) is 5.69 Å². The van der Waals surface area contributed by atoms with E-state index in [9.17, 15) is 34.2 Å². The fraction of sp³-hybridized carbons (Fsp3) is 0.222. The molecular weight excluding hydrogens is 573 g/mol. The average Bonchev–Trinajstić information content (AvgIpc) is 2.96. The van der Waals surface area contributed by atoms with Crippen molar-refractivity contribution in [3.8, 4) is 11.5 Å². The Balaban J connectivity index is 1.69. The smallest absolute Gasteiger partial charge is 0.480 e. The number of non-ortho nitro benzene ring substituents is 1. The van der Waals surface area contributed by atoms with Crippen LogP contribution in [0.1, 0.15) is 18.1 Å². The van der Waals surface area contributed by atoms with Crippen molar-refractivity contribution in [1.29, 1.82) is 0 Å². The minimum atomic E-state index is -4.32. The molecule has 3 N–H and O–H groups in total. The topological polar surface area (TPSA) is 193 Å². The lowest BCUT2D eigenvalue weighted by Gasteiger charge is -2.23. The standard InChI is InChI=1S/C27H28N3O11P/c1-18(26(33)38-2)29-42(37,41-23-14-10-21(11-15-23)30(35)36)40-22-12-8-19(9-13-22)16-24(25(31)32)28-27(34)39-17-20-6-4-3-5-7-20/h3-15,18,24H,16-17H2,1-2H3,(H,28,34)(H,29,37)(H,31,32)/t18?,24-,42?/m0/s1. The molecule has 0 aliphatic heterocycles. The predicted octanol–water partition coefficient (Wildman–Crippen LogP) is 4.23. The Morgan fingerprint density at radius 2 is 1.50 bits per heavy atom. The summed E-state index contributed by atoms with van der Waals surface area (Å²) in [4.78, 5) is 46.1. The number of carbonyl (C=O) groups is 3. The summed E-state index contributed by atoms with van der Waals surface area (Å²) in [5.41, 5.74) is 1.00. The molecule has 0 heterocycles. The number of alkyl carbamates (subject to hydrolysis) is 1. The maximum absolute atomic E-state index is 13.6. The average molecular weight is 602 g/mol. The molecule has 0 spiro atoms. The number of nitrogens with zero attached hydrogens (tertiary/aromatic N) is 1. The molecule has 3 rings (SSSR count). The van der Waals surface area contributed by atoms with Gasteiger partial charge in [0.15, 0.2) is 0 Å². The lowest BCUT2D eigenvalue weighted by Crippen LogP contribution is -2.42. The molecule has 3 aromatic carbocycles. The van der Waals surface area contributed by atoms with Crippen LogP contribution >= 0.6 is 7.75 Å². The zero-order valence-corrected chi connectivity index (χ0v) is 23.4. The van der Waals surface area contributed by atoms with Crippen LogP contribution in [0.5, 0.6) is 11.5 Å². The van der Waals surface area contributed by atoms with E-state index in [-0.39, 0.29) is 30.2 Å². The van der Waals surface area contributed by atoms with Crippen molar-refractivity contribution in [2.45, 2.75) is 32.0 Å². The number of aliphatic carboxylic acids is 1. The zero-order valence-electron chi connectivity index (χ0n) is 22.5. The molecule has 2 unspecified atom stereocenters. The van der Waals surface area contributed by atoms with Gasteiger partial charge in [-0.25, -0.2) is 14.2 Å². The van der Waals surface area contributed by atoms with Crippen LogP contribution in [0.2, 0.25) is 0 Å². The van der Waals surface area contributed by atoms with E-state index in [4.69, 9.17) is 13.8 Å². The third kappa shape index (κ3) is 9.61. The summed E-state index contributed by atoms with van der Waals surface area (Å²) in [6.45, 7) is 1.34. The van der Waals surface area contributed by atoms with Crippen molar-refractivity contribution >= 4 is 31.5 Å². The second-order valence-electron chi connectivity index (χ2n) is 8.75. The molecule has 0 aliphatic rings. The Morgan fingerprint density at radius 3 is 2.02 bits per heavy atom. The molecule has 3 aromatic rings. The van der Waals surface area contributed by atoms with Crippen molar-refractivity contribution in [2.24, 2.45) is 0 Å². The van der Waals surface area contributed by atoms with E-state index in [2.05, 4.69) is 15.1 Å². The lowest BCUT2D eigenvalue weighted by atomic mass is 10.1. The summed E-state index contributed by atoms with van der Waals surface area (Å²) in [7, 11) is -3.18. The maximum atomic E-state index is 13.6. The number of carboxylic acid groups (broad SMARTS) is 1. The summed E-state index contributed by atoms with van der Waals surface area (Å²) in [6.07, 6.45) is -1.01. The van der Waals surface area contributed by atoms with Crippen molar-refractivity contribution < 1.29 is 47.5 Å². The molecule has 15 heteroatoms. The molecule has 0 saturated carbocycles. The Bertz CT molecular complexity index is 1430. The quantitative estimate of drug-likeness (QED) is 0.103. The highest BCUT2D eigenvalue weighted by Crippen LogP contribution is 2.45. The molecule has 3 atom stereocenters. The molecule has 0 fully saturated rings. The normalized spacial score (nSPS) is 13.5. The Kier molecular flexibility index (Phi) is 11.0. The van der Waals surface area contributed by atoms with Gasteiger partial charge in [-0.1, -0.05) is 42.5 Å². The van der Waals surface area contributed by atoms with Gasteiger partial charge in [0.1, 0.15) is 30.2 Å². The van der Waals surface area contributed by atoms with Crippen molar-refractivity contribution in [3.05, 3.63) is 100 Å². The highest BCUT2D eigenvalue weighted by Gasteiger charge is 2.34. The number of hydrogen-bond acceptors (Lipinski definition) is 10. The van der Waals surface area contributed by atoms with Crippen molar-refractivity contribution in [1.82, 2.24) is 10.4 Å². The van der Waals surface area contributed by atoms with Crippen LogP contribution in [0, 0.1) is 10.1 Å². The van der Waals surface area contributed by atoms with Crippen LogP contribution in [0.15, 0.2) is 78.9 Å². The van der Waals surface area contributed by atoms with E-state index in [1.165, 1.54) is 43.3 Å². The summed E-state index contributed by atoms with van der Waals surface area (Å²) in [6, 6.07) is 16.9. The van der Waals surface area contributed by atoms with Crippen molar-refractivity contribution in [3.63, 3.8) is 0 Å². The predicted molar refractivity (Wildman–Crippen MR) is 148 cm³/mol. The number of esters is 1. The Hall–Kier alpha value is -4.94. The van der Waals surface area contributed by atoms with Crippen LogP contribution in [-0.2, 0) is 36.7 Å². The van der Waals surface area contributed by atoms with E-state index in [0.29, 0.717) is 5.56 Å². The van der Waals surface area contributed by atoms with Crippen LogP contribution in [-0.4, -0.2) is 47.3 Å². The van der Waals surface area contributed by atoms with Crippen LogP contribution in [0.3, 0.4) is 0 Å². The van der Waals surface area contributed by atoms with Crippen LogP contribution in [0.25, 0.3) is 0 Å². The summed E-state index contributed by atoms with van der Waals surface area (Å²) < 4.78 is 34.4. The van der Waals surface area contributed by atoms with Crippen LogP contribution in [0.4, 0.5) is 10.5 Å². The first-order valence-electron chi connectivity index (χ1n) is 12.4. The first-order chi connectivity index (χ1) is 20.0. The van der Waals surface area contributed by atoms with Gasteiger partial charge in [0.05, 0.1) is 12.0 Å². The van der Waals surface area contributed by atoms with Crippen LogP contribution < -0.4 is 19.5 Å². The molecular formula is C27H28N3O11P. The number of nitro benzene ring substituents is 1. The number of carbonyl (C=O) groups excluding carboxylic acids is 2.